The summed E-state index contributed by atoms with van der Waals surface area (Å²) < 4.78 is 5.68. The molecule has 80 valence electrons. The Morgan fingerprint density at radius 1 is 1.31 bits per heavy atom. The highest BCUT2D eigenvalue weighted by atomic mass is 32.1. The maximum atomic E-state index is 5.26. The van der Waals surface area contributed by atoms with E-state index in [1.807, 2.05) is 17.5 Å². The average Bonchev–Trinajstić information content (AvgIpc) is 2.97. The highest BCUT2D eigenvalue weighted by Crippen LogP contribution is 2.27. The molecule has 0 radical (unpaired) electrons. The zero-order chi connectivity index (χ0) is 11.0. The van der Waals surface area contributed by atoms with E-state index in [1.165, 1.54) is 11.3 Å². The van der Waals surface area contributed by atoms with E-state index in [9.17, 15) is 0 Å². The predicted octanol–water partition coefficient (Wildman–Crippen LogP) is 2.85. The van der Waals surface area contributed by atoms with Crippen LogP contribution in [0.15, 0.2) is 28.2 Å². The number of hydrogen-bond donors (Lipinski definition) is 2. The van der Waals surface area contributed by atoms with Gasteiger partial charge in [-0.1, -0.05) is 0 Å². The number of rotatable bonds is 2. The Bertz CT molecular complexity index is 649. The molecule has 0 fully saturated rings. The van der Waals surface area contributed by atoms with Crippen molar-refractivity contribution in [1.29, 1.82) is 0 Å². The standard InChI is InChI=1S/C9H6N4OS2/c15-9-11-7(12-13-9)5-4-16-8(10-5)6-2-1-3-14-6/h1-4H,(H2,11,12,13,15). The second kappa shape index (κ2) is 3.69. The highest BCUT2D eigenvalue weighted by Gasteiger charge is 2.10. The van der Waals surface area contributed by atoms with Crippen molar-refractivity contribution in [1.82, 2.24) is 20.2 Å². The molecule has 0 aliphatic heterocycles. The summed E-state index contributed by atoms with van der Waals surface area (Å²) in [6.07, 6.45) is 1.62. The average molecular weight is 250 g/mol. The molecule has 0 unspecified atom stereocenters. The molecule has 7 heteroatoms. The predicted molar refractivity (Wildman–Crippen MR) is 62.6 cm³/mol. The van der Waals surface area contributed by atoms with Crippen LogP contribution in [-0.4, -0.2) is 20.2 Å². The third-order valence-corrected chi connectivity index (χ3v) is 3.03. The number of H-pyrrole nitrogens is 2. The molecule has 0 saturated heterocycles. The second-order valence-corrected chi connectivity index (χ2v) is 4.28. The van der Waals surface area contributed by atoms with Crippen molar-refractivity contribution in [2.75, 3.05) is 0 Å². The van der Waals surface area contributed by atoms with E-state index in [0.29, 0.717) is 10.6 Å². The number of thiazole rings is 1. The summed E-state index contributed by atoms with van der Waals surface area (Å²) in [6.45, 7) is 0. The molecule has 0 saturated carbocycles. The summed E-state index contributed by atoms with van der Waals surface area (Å²) >= 11 is 6.38. The van der Waals surface area contributed by atoms with Crippen molar-refractivity contribution in [2.24, 2.45) is 0 Å². The van der Waals surface area contributed by atoms with Crippen LogP contribution in [0.5, 0.6) is 0 Å². The van der Waals surface area contributed by atoms with Crippen molar-refractivity contribution in [3.8, 4) is 22.3 Å². The first-order valence-electron chi connectivity index (χ1n) is 4.47. The lowest BCUT2D eigenvalue weighted by Crippen LogP contribution is -1.80. The van der Waals surface area contributed by atoms with E-state index in [1.54, 1.807) is 6.26 Å². The van der Waals surface area contributed by atoms with Crippen LogP contribution in [0.3, 0.4) is 0 Å². The summed E-state index contributed by atoms with van der Waals surface area (Å²) in [7, 11) is 0. The Morgan fingerprint density at radius 2 is 2.25 bits per heavy atom. The lowest BCUT2D eigenvalue weighted by Gasteiger charge is -1.87. The van der Waals surface area contributed by atoms with Gasteiger partial charge in [-0.25, -0.2) is 4.98 Å². The van der Waals surface area contributed by atoms with Gasteiger partial charge in [0.05, 0.1) is 6.26 Å². The Morgan fingerprint density at radius 3 is 2.94 bits per heavy atom. The zero-order valence-corrected chi connectivity index (χ0v) is 9.56. The van der Waals surface area contributed by atoms with E-state index < -0.39 is 0 Å². The SMILES string of the molecule is S=c1nc(-c2csc(-c3ccco3)n2)[nH][nH]1. The number of aromatic nitrogens is 4. The second-order valence-electron chi connectivity index (χ2n) is 3.03. The molecule has 0 spiro atoms. The topological polar surface area (TPSA) is 70.5 Å². The van der Waals surface area contributed by atoms with Crippen molar-refractivity contribution in [3.05, 3.63) is 28.5 Å². The Balaban J connectivity index is 2.03. The molecule has 5 nitrogen and oxygen atoms in total. The normalized spacial score (nSPS) is 10.8. The van der Waals surface area contributed by atoms with Crippen LogP contribution in [0.4, 0.5) is 0 Å². The van der Waals surface area contributed by atoms with Crippen molar-refractivity contribution in [3.63, 3.8) is 0 Å². The Kier molecular flexibility index (Phi) is 2.19. The van der Waals surface area contributed by atoms with Gasteiger partial charge in [0.2, 0.25) is 4.77 Å². The first-order valence-corrected chi connectivity index (χ1v) is 5.76. The summed E-state index contributed by atoms with van der Waals surface area (Å²) in [6, 6.07) is 3.70. The van der Waals surface area contributed by atoms with Gasteiger partial charge in [-0.3, -0.25) is 10.2 Å². The number of furan rings is 1. The third-order valence-electron chi connectivity index (χ3n) is 1.98. The molecule has 0 bridgehead atoms. The monoisotopic (exact) mass is 250 g/mol. The fourth-order valence-corrected chi connectivity index (χ4v) is 2.20. The molecular weight excluding hydrogens is 244 g/mol. The van der Waals surface area contributed by atoms with Crippen LogP contribution in [0, 0.1) is 4.77 Å². The van der Waals surface area contributed by atoms with Gasteiger partial charge in [0, 0.05) is 5.38 Å². The number of nitrogens with one attached hydrogen (secondary N) is 2. The van der Waals surface area contributed by atoms with Crippen molar-refractivity contribution >= 4 is 23.6 Å². The molecule has 0 atom stereocenters. The number of nitrogens with zero attached hydrogens (tertiary/aromatic N) is 2. The lowest BCUT2D eigenvalue weighted by molar-refractivity contribution is 0.582. The molecule has 3 rings (SSSR count). The number of aromatic amines is 2. The van der Waals surface area contributed by atoms with Gasteiger partial charge in [0.1, 0.15) is 5.69 Å². The Labute approximate surface area is 99.2 Å². The van der Waals surface area contributed by atoms with Gasteiger partial charge in [-0.15, -0.1) is 11.3 Å². The van der Waals surface area contributed by atoms with Gasteiger partial charge >= 0.3 is 0 Å². The Hall–Kier alpha value is -1.73. The van der Waals surface area contributed by atoms with E-state index in [2.05, 4.69) is 20.2 Å². The number of hydrogen-bond acceptors (Lipinski definition) is 5. The van der Waals surface area contributed by atoms with Gasteiger partial charge in [-0.2, -0.15) is 4.98 Å². The fraction of sp³-hybridized carbons (Fsp3) is 0. The van der Waals surface area contributed by atoms with E-state index >= 15 is 0 Å². The van der Waals surface area contributed by atoms with Gasteiger partial charge < -0.3 is 4.42 Å². The molecule has 3 heterocycles. The summed E-state index contributed by atoms with van der Waals surface area (Å²) in [4.78, 5) is 8.49. The molecular formula is C9H6N4OS2. The van der Waals surface area contributed by atoms with E-state index in [-0.39, 0.29) is 0 Å². The molecule has 3 aromatic rings. The fourth-order valence-electron chi connectivity index (χ4n) is 1.29. The van der Waals surface area contributed by atoms with Crippen LogP contribution in [0.2, 0.25) is 0 Å². The maximum Gasteiger partial charge on any atom is 0.213 e. The van der Waals surface area contributed by atoms with Crippen LogP contribution in [0.25, 0.3) is 22.3 Å². The van der Waals surface area contributed by atoms with Crippen LogP contribution < -0.4 is 0 Å². The molecule has 0 amide bonds. The summed E-state index contributed by atoms with van der Waals surface area (Å²) in [5.74, 6) is 1.39. The molecule has 2 N–H and O–H groups in total. The first kappa shape index (κ1) is 9.49. The summed E-state index contributed by atoms with van der Waals surface area (Å²) in [5.41, 5.74) is 0.753. The van der Waals surface area contributed by atoms with E-state index in [4.69, 9.17) is 16.6 Å². The third kappa shape index (κ3) is 1.59. The smallest absolute Gasteiger partial charge is 0.213 e. The van der Waals surface area contributed by atoms with Crippen molar-refractivity contribution < 1.29 is 4.42 Å². The minimum Gasteiger partial charge on any atom is -0.462 e. The highest BCUT2D eigenvalue weighted by molar-refractivity contribution is 7.71. The van der Waals surface area contributed by atoms with Gasteiger partial charge in [-0.05, 0) is 24.4 Å². The summed E-state index contributed by atoms with van der Waals surface area (Å²) in [5, 5.41) is 8.31. The lowest BCUT2D eigenvalue weighted by atomic mass is 10.4. The molecule has 3 aromatic heterocycles. The molecule has 0 aliphatic rings. The largest absolute Gasteiger partial charge is 0.462 e. The molecule has 0 aliphatic carbocycles. The molecule has 0 aromatic carbocycles. The van der Waals surface area contributed by atoms with Crippen LogP contribution in [0.1, 0.15) is 0 Å². The van der Waals surface area contributed by atoms with E-state index in [0.717, 1.165) is 16.5 Å². The first-order chi connectivity index (χ1) is 7.83. The van der Waals surface area contributed by atoms with Crippen LogP contribution in [-0.2, 0) is 0 Å². The van der Waals surface area contributed by atoms with Crippen molar-refractivity contribution in [2.45, 2.75) is 0 Å². The molecule has 16 heavy (non-hydrogen) atoms. The van der Waals surface area contributed by atoms with Gasteiger partial charge in [0.25, 0.3) is 0 Å². The van der Waals surface area contributed by atoms with Gasteiger partial charge in [0.15, 0.2) is 16.6 Å². The minimum atomic E-state index is 0.419. The minimum absolute atomic E-state index is 0.419. The zero-order valence-electron chi connectivity index (χ0n) is 7.93. The quantitative estimate of drug-likeness (QED) is 0.686. The van der Waals surface area contributed by atoms with Crippen LogP contribution >= 0.6 is 23.6 Å². The maximum absolute atomic E-state index is 5.26.